The summed E-state index contributed by atoms with van der Waals surface area (Å²) < 4.78 is 1.75. The standard InChI is InChI=1S/C16H18N4O2S/c1-20-8-10(7-18-20)11-6-12(11)16(22)19-13-4-2-3-5-14(13)23-9-15(17)21/h2-5,7-8,11-12H,6,9H2,1H3,(H2,17,21)(H,19,22)/t11-,12-/m0/s1. The minimum absolute atomic E-state index is 0.00554. The molecule has 0 saturated heterocycles. The molecule has 23 heavy (non-hydrogen) atoms. The first kappa shape index (κ1) is 15.6. The zero-order chi connectivity index (χ0) is 16.4. The second-order valence-corrected chi connectivity index (χ2v) is 6.65. The van der Waals surface area contributed by atoms with Crippen LogP contribution in [0.5, 0.6) is 0 Å². The number of primary amides is 1. The highest BCUT2D eigenvalue weighted by atomic mass is 32.2. The molecule has 2 amide bonds. The predicted octanol–water partition coefficient (Wildman–Crippen LogP) is 1.74. The van der Waals surface area contributed by atoms with Crippen molar-refractivity contribution in [1.29, 1.82) is 0 Å². The fraction of sp³-hybridized carbons (Fsp3) is 0.312. The van der Waals surface area contributed by atoms with Gasteiger partial charge in [-0.1, -0.05) is 12.1 Å². The van der Waals surface area contributed by atoms with Crippen LogP contribution in [0, 0.1) is 5.92 Å². The molecular formula is C16H18N4O2S. The molecule has 0 aliphatic heterocycles. The summed E-state index contributed by atoms with van der Waals surface area (Å²) in [6, 6.07) is 7.43. The monoisotopic (exact) mass is 330 g/mol. The van der Waals surface area contributed by atoms with Gasteiger partial charge in [0.2, 0.25) is 11.8 Å². The Balaban J connectivity index is 1.64. The molecule has 1 aliphatic carbocycles. The van der Waals surface area contributed by atoms with Crippen LogP contribution in [0.1, 0.15) is 17.9 Å². The number of aryl methyl sites for hydroxylation is 1. The minimum Gasteiger partial charge on any atom is -0.369 e. The first-order valence-electron chi connectivity index (χ1n) is 7.34. The molecule has 1 aromatic carbocycles. The number of amides is 2. The third kappa shape index (κ3) is 3.73. The minimum atomic E-state index is -0.380. The van der Waals surface area contributed by atoms with E-state index in [2.05, 4.69) is 10.4 Å². The van der Waals surface area contributed by atoms with Crippen LogP contribution >= 0.6 is 11.8 Å². The molecule has 1 saturated carbocycles. The average Bonchev–Trinajstić information content (AvgIpc) is 3.21. The Morgan fingerprint density at radius 1 is 1.43 bits per heavy atom. The maximum atomic E-state index is 12.4. The molecule has 6 nitrogen and oxygen atoms in total. The lowest BCUT2D eigenvalue weighted by molar-refractivity contribution is -0.117. The van der Waals surface area contributed by atoms with E-state index < -0.39 is 0 Å². The van der Waals surface area contributed by atoms with E-state index in [1.165, 1.54) is 11.8 Å². The molecule has 1 aliphatic rings. The van der Waals surface area contributed by atoms with Gasteiger partial charge in [-0.3, -0.25) is 14.3 Å². The highest BCUT2D eigenvalue weighted by molar-refractivity contribution is 8.00. The van der Waals surface area contributed by atoms with Gasteiger partial charge in [-0.2, -0.15) is 5.10 Å². The van der Waals surface area contributed by atoms with E-state index >= 15 is 0 Å². The number of para-hydroxylation sites is 1. The molecule has 1 aromatic heterocycles. The van der Waals surface area contributed by atoms with E-state index in [9.17, 15) is 9.59 Å². The van der Waals surface area contributed by atoms with Gasteiger partial charge in [0.05, 0.1) is 17.6 Å². The number of rotatable bonds is 6. The number of aromatic nitrogens is 2. The lowest BCUT2D eigenvalue weighted by atomic mass is 10.2. The number of thioether (sulfide) groups is 1. The Kier molecular flexibility index (Phi) is 4.38. The number of nitrogens with two attached hydrogens (primary N) is 1. The third-order valence-corrected chi connectivity index (χ3v) is 4.89. The van der Waals surface area contributed by atoms with Gasteiger partial charge in [0.15, 0.2) is 0 Å². The van der Waals surface area contributed by atoms with Crippen molar-refractivity contribution in [3.8, 4) is 0 Å². The molecule has 3 rings (SSSR count). The van der Waals surface area contributed by atoms with Crippen LogP contribution in [0.15, 0.2) is 41.6 Å². The Labute approximate surface area is 138 Å². The van der Waals surface area contributed by atoms with Crippen LogP contribution in [0.3, 0.4) is 0 Å². The first-order chi connectivity index (χ1) is 11.0. The van der Waals surface area contributed by atoms with Crippen molar-refractivity contribution in [3.63, 3.8) is 0 Å². The molecule has 3 N–H and O–H groups in total. The number of hydrogen-bond acceptors (Lipinski definition) is 4. The van der Waals surface area contributed by atoms with E-state index in [4.69, 9.17) is 5.73 Å². The van der Waals surface area contributed by atoms with Crippen molar-refractivity contribution in [1.82, 2.24) is 9.78 Å². The van der Waals surface area contributed by atoms with Gasteiger partial charge in [0, 0.05) is 24.1 Å². The lowest BCUT2D eigenvalue weighted by Gasteiger charge is -2.10. The summed E-state index contributed by atoms with van der Waals surface area (Å²) in [5.41, 5.74) is 7.00. The number of nitrogens with one attached hydrogen (secondary N) is 1. The number of benzene rings is 1. The zero-order valence-electron chi connectivity index (χ0n) is 12.7. The maximum Gasteiger partial charge on any atom is 0.228 e. The summed E-state index contributed by atoms with van der Waals surface area (Å²) in [5.74, 6) is 0.0395. The van der Waals surface area contributed by atoms with Crippen molar-refractivity contribution in [2.45, 2.75) is 17.2 Å². The van der Waals surface area contributed by atoms with Crippen LogP contribution < -0.4 is 11.1 Å². The number of nitrogens with zero attached hydrogens (tertiary/aromatic N) is 2. The fourth-order valence-corrected chi connectivity index (χ4v) is 3.30. The van der Waals surface area contributed by atoms with E-state index in [1.807, 2.05) is 43.7 Å². The van der Waals surface area contributed by atoms with Crippen LogP contribution in [0.25, 0.3) is 0 Å². The number of hydrogen-bond donors (Lipinski definition) is 2. The number of carbonyl (C=O) groups is 2. The Bertz CT molecular complexity index is 743. The lowest BCUT2D eigenvalue weighted by Crippen LogP contribution is -2.16. The Hall–Kier alpha value is -2.28. The van der Waals surface area contributed by atoms with E-state index in [0.29, 0.717) is 0 Å². The molecule has 0 unspecified atom stereocenters. The summed E-state index contributed by atoms with van der Waals surface area (Å²) in [6.45, 7) is 0. The molecule has 7 heteroatoms. The van der Waals surface area contributed by atoms with Gasteiger partial charge in [0.1, 0.15) is 0 Å². The molecule has 120 valence electrons. The summed E-state index contributed by atoms with van der Waals surface area (Å²) in [4.78, 5) is 24.2. The molecule has 0 spiro atoms. The normalized spacial score (nSPS) is 19.3. The quantitative estimate of drug-likeness (QED) is 0.790. The average molecular weight is 330 g/mol. The molecule has 2 aromatic rings. The smallest absolute Gasteiger partial charge is 0.228 e. The van der Waals surface area contributed by atoms with Gasteiger partial charge < -0.3 is 11.1 Å². The van der Waals surface area contributed by atoms with Crippen molar-refractivity contribution in [2.75, 3.05) is 11.1 Å². The third-order valence-electron chi connectivity index (χ3n) is 3.80. The molecule has 2 atom stereocenters. The molecule has 1 heterocycles. The van der Waals surface area contributed by atoms with Gasteiger partial charge >= 0.3 is 0 Å². The highest BCUT2D eigenvalue weighted by Gasteiger charge is 2.44. The molecule has 1 fully saturated rings. The fourth-order valence-electron chi connectivity index (χ4n) is 2.55. The largest absolute Gasteiger partial charge is 0.369 e. The summed E-state index contributed by atoms with van der Waals surface area (Å²) in [5, 5.41) is 7.11. The Morgan fingerprint density at radius 2 is 2.22 bits per heavy atom. The van der Waals surface area contributed by atoms with Gasteiger partial charge in [-0.25, -0.2) is 0 Å². The SMILES string of the molecule is Cn1cc([C@@H]2C[C@@H]2C(=O)Nc2ccccc2SCC(N)=O)cn1. The second-order valence-electron chi connectivity index (χ2n) is 5.64. The summed E-state index contributed by atoms with van der Waals surface area (Å²) >= 11 is 1.33. The zero-order valence-corrected chi connectivity index (χ0v) is 13.5. The Morgan fingerprint density at radius 3 is 2.91 bits per heavy atom. The molecule has 0 bridgehead atoms. The number of carbonyl (C=O) groups excluding carboxylic acids is 2. The second kappa shape index (κ2) is 6.45. The van der Waals surface area contributed by atoms with E-state index in [1.54, 1.807) is 4.68 Å². The maximum absolute atomic E-state index is 12.4. The van der Waals surface area contributed by atoms with Crippen LogP contribution in [-0.2, 0) is 16.6 Å². The first-order valence-corrected chi connectivity index (χ1v) is 8.32. The summed E-state index contributed by atoms with van der Waals surface area (Å²) in [6.07, 6.45) is 4.61. The van der Waals surface area contributed by atoms with Crippen molar-refractivity contribution in [2.24, 2.45) is 18.7 Å². The predicted molar refractivity (Wildman–Crippen MR) is 89.0 cm³/mol. The van der Waals surface area contributed by atoms with Crippen molar-refractivity contribution < 1.29 is 9.59 Å². The summed E-state index contributed by atoms with van der Waals surface area (Å²) in [7, 11) is 1.87. The van der Waals surface area contributed by atoms with Crippen LogP contribution in [-0.4, -0.2) is 27.3 Å². The number of anilines is 1. The molecular weight excluding hydrogens is 312 g/mol. The van der Waals surface area contributed by atoms with Gasteiger partial charge in [0.25, 0.3) is 0 Å². The molecule has 0 radical (unpaired) electrons. The highest BCUT2D eigenvalue weighted by Crippen LogP contribution is 2.48. The van der Waals surface area contributed by atoms with E-state index in [-0.39, 0.29) is 29.4 Å². The van der Waals surface area contributed by atoms with Crippen molar-refractivity contribution >= 4 is 29.3 Å². The van der Waals surface area contributed by atoms with Crippen molar-refractivity contribution in [3.05, 3.63) is 42.2 Å². The van der Waals surface area contributed by atoms with E-state index in [0.717, 1.165) is 22.6 Å². The van der Waals surface area contributed by atoms with Crippen LogP contribution in [0.2, 0.25) is 0 Å². The van der Waals surface area contributed by atoms with Gasteiger partial charge in [-0.15, -0.1) is 11.8 Å². The van der Waals surface area contributed by atoms with Crippen LogP contribution in [0.4, 0.5) is 5.69 Å². The van der Waals surface area contributed by atoms with Gasteiger partial charge in [-0.05, 0) is 30.0 Å². The topological polar surface area (TPSA) is 90.0 Å².